The smallest absolute Gasteiger partial charge is 0.263 e. The predicted molar refractivity (Wildman–Crippen MR) is 97.6 cm³/mol. The number of rotatable bonds is 7. The first-order valence-corrected chi connectivity index (χ1v) is 9.12. The second kappa shape index (κ2) is 8.02. The summed E-state index contributed by atoms with van der Waals surface area (Å²) in [5.41, 5.74) is 2.99. The van der Waals surface area contributed by atoms with E-state index < -0.39 is 0 Å². The number of benzene rings is 1. The molecule has 3 rings (SSSR count). The van der Waals surface area contributed by atoms with Crippen LogP contribution in [0, 0.1) is 6.92 Å². The number of carbonyl (C=O) groups excluding carboxylic acids is 1. The molecule has 0 radical (unpaired) electrons. The second-order valence-corrected chi connectivity index (χ2v) is 6.95. The summed E-state index contributed by atoms with van der Waals surface area (Å²) < 4.78 is 1.77. The second-order valence-electron chi connectivity index (χ2n) is 5.87. The fraction of sp³-hybridized carbons (Fsp3) is 0.333. The molecule has 0 spiro atoms. The van der Waals surface area contributed by atoms with Gasteiger partial charge in [-0.3, -0.25) is 4.79 Å². The molecule has 2 aromatic heterocycles. The SMILES string of the molecule is CCCc1nc(C)c(C(=O)NCc2cccc(Cn3cncn3)c2)s1. The number of carbonyl (C=O) groups is 1. The largest absolute Gasteiger partial charge is 0.347 e. The Hall–Kier alpha value is -2.54. The lowest BCUT2D eigenvalue weighted by Crippen LogP contribution is -2.22. The van der Waals surface area contributed by atoms with Crippen molar-refractivity contribution in [3.8, 4) is 0 Å². The number of aromatic nitrogens is 4. The third-order valence-electron chi connectivity index (χ3n) is 3.77. The van der Waals surface area contributed by atoms with Crippen molar-refractivity contribution < 1.29 is 4.79 Å². The maximum atomic E-state index is 12.4. The zero-order chi connectivity index (χ0) is 17.6. The molecule has 0 bridgehead atoms. The molecule has 0 aliphatic carbocycles. The minimum Gasteiger partial charge on any atom is -0.347 e. The molecule has 0 aliphatic rings. The van der Waals surface area contributed by atoms with Crippen LogP contribution in [0.15, 0.2) is 36.9 Å². The van der Waals surface area contributed by atoms with Crippen molar-refractivity contribution in [2.75, 3.05) is 0 Å². The Morgan fingerprint density at radius 1 is 1.32 bits per heavy atom. The summed E-state index contributed by atoms with van der Waals surface area (Å²) in [6, 6.07) is 8.11. The highest BCUT2D eigenvalue weighted by molar-refractivity contribution is 7.13. The number of aryl methyl sites for hydroxylation is 2. The van der Waals surface area contributed by atoms with Crippen LogP contribution in [0.2, 0.25) is 0 Å². The molecule has 0 fully saturated rings. The maximum Gasteiger partial charge on any atom is 0.263 e. The van der Waals surface area contributed by atoms with E-state index in [4.69, 9.17) is 0 Å². The Kier molecular flexibility index (Phi) is 5.55. The van der Waals surface area contributed by atoms with Gasteiger partial charge < -0.3 is 5.32 Å². The maximum absolute atomic E-state index is 12.4. The fourth-order valence-corrected chi connectivity index (χ4v) is 3.67. The van der Waals surface area contributed by atoms with E-state index in [2.05, 4.69) is 33.4 Å². The molecule has 0 aliphatic heterocycles. The molecule has 0 unspecified atom stereocenters. The quantitative estimate of drug-likeness (QED) is 0.707. The van der Waals surface area contributed by atoms with E-state index in [1.54, 1.807) is 11.0 Å². The van der Waals surface area contributed by atoms with Crippen LogP contribution in [0.5, 0.6) is 0 Å². The Bertz CT molecular complexity index is 841. The van der Waals surface area contributed by atoms with E-state index in [1.165, 1.54) is 17.7 Å². The molecule has 130 valence electrons. The molecular formula is C18H21N5OS. The molecule has 0 saturated carbocycles. The van der Waals surface area contributed by atoms with Gasteiger partial charge >= 0.3 is 0 Å². The summed E-state index contributed by atoms with van der Waals surface area (Å²) >= 11 is 1.49. The summed E-state index contributed by atoms with van der Waals surface area (Å²) in [6.07, 6.45) is 5.17. The predicted octanol–water partition coefficient (Wildman–Crippen LogP) is 2.97. The molecule has 2 heterocycles. The van der Waals surface area contributed by atoms with Gasteiger partial charge in [0.15, 0.2) is 0 Å². The molecule has 1 aromatic carbocycles. The van der Waals surface area contributed by atoms with Crippen molar-refractivity contribution in [1.29, 1.82) is 0 Å². The van der Waals surface area contributed by atoms with Crippen LogP contribution < -0.4 is 5.32 Å². The Morgan fingerprint density at radius 2 is 2.16 bits per heavy atom. The van der Waals surface area contributed by atoms with Gasteiger partial charge in [-0.2, -0.15) is 5.10 Å². The third-order valence-corrected chi connectivity index (χ3v) is 4.98. The average molecular weight is 355 g/mol. The highest BCUT2D eigenvalue weighted by Gasteiger charge is 2.14. The Balaban J connectivity index is 1.62. The summed E-state index contributed by atoms with van der Waals surface area (Å²) in [5, 5.41) is 8.13. The van der Waals surface area contributed by atoms with Gasteiger partial charge in [0.2, 0.25) is 0 Å². The number of amides is 1. The van der Waals surface area contributed by atoms with Gasteiger partial charge in [-0.1, -0.05) is 31.2 Å². The monoisotopic (exact) mass is 355 g/mol. The first-order chi connectivity index (χ1) is 12.2. The van der Waals surface area contributed by atoms with E-state index in [0.717, 1.165) is 34.7 Å². The van der Waals surface area contributed by atoms with Gasteiger partial charge in [-0.15, -0.1) is 11.3 Å². The lowest BCUT2D eigenvalue weighted by atomic mass is 10.1. The van der Waals surface area contributed by atoms with Crippen LogP contribution in [0.1, 0.15) is 44.8 Å². The van der Waals surface area contributed by atoms with Crippen molar-refractivity contribution in [2.24, 2.45) is 0 Å². The van der Waals surface area contributed by atoms with E-state index in [1.807, 2.05) is 25.1 Å². The molecule has 25 heavy (non-hydrogen) atoms. The average Bonchev–Trinajstić information content (AvgIpc) is 3.23. The summed E-state index contributed by atoms with van der Waals surface area (Å²) in [4.78, 5) is 21.6. The van der Waals surface area contributed by atoms with Crippen molar-refractivity contribution in [1.82, 2.24) is 25.1 Å². The summed E-state index contributed by atoms with van der Waals surface area (Å²) in [5.74, 6) is -0.0565. The van der Waals surface area contributed by atoms with Crippen LogP contribution in [-0.2, 0) is 19.5 Å². The summed E-state index contributed by atoms with van der Waals surface area (Å²) in [7, 11) is 0. The van der Waals surface area contributed by atoms with Crippen molar-refractivity contribution in [3.05, 3.63) is 63.6 Å². The minimum absolute atomic E-state index is 0.0565. The van der Waals surface area contributed by atoms with Crippen molar-refractivity contribution in [3.63, 3.8) is 0 Å². The van der Waals surface area contributed by atoms with Crippen LogP contribution in [0.25, 0.3) is 0 Å². The minimum atomic E-state index is -0.0565. The number of hydrogen-bond donors (Lipinski definition) is 1. The first kappa shape index (κ1) is 17.3. The lowest BCUT2D eigenvalue weighted by Gasteiger charge is -2.07. The number of nitrogens with one attached hydrogen (secondary N) is 1. The van der Waals surface area contributed by atoms with E-state index in [9.17, 15) is 4.79 Å². The van der Waals surface area contributed by atoms with Gasteiger partial charge in [-0.05, 0) is 30.9 Å². The van der Waals surface area contributed by atoms with Gasteiger partial charge in [0.1, 0.15) is 17.5 Å². The van der Waals surface area contributed by atoms with Gasteiger partial charge in [0, 0.05) is 6.54 Å². The van der Waals surface area contributed by atoms with Crippen molar-refractivity contribution >= 4 is 17.2 Å². The van der Waals surface area contributed by atoms with E-state index in [0.29, 0.717) is 18.0 Å². The zero-order valence-corrected chi connectivity index (χ0v) is 15.2. The molecular weight excluding hydrogens is 334 g/mol. The number of nitrogens with zero attached hydrogens (tertiary/aromatic N) is 4. The van der Waals surface area contributed by atoms with Crippen LogP contribution in [0.4, 0.5) is 0 Å². The van der Waals surface area contributed by atoms with Crippen LogP contribution >= 0.6 is 11.3 Å². The summed E-state index contributed by atoms with van der Waals surface area (Å²) in [6.45, 7) is 5.16. The molecule has 7 heteroatoms. The van der Waals surface area contributed by atoms with Crippen LogP contribution in [-0.4, -0.2) is 25.7 Å². The normalized spacial score (nSPS) is 10.8. The lowest BCUT2D eigenvalue weighted by molar-refractivity contribution is 0.0954. The molecule has 3 aromatic rings. The first-order valence-electron chi connectivity index (χ1n) is 8.30. The van der Waals surface area contributed by atoms with Crippen LogP contribution in [0.3, 0.4) is 0 Å². The molecule has 0 atom stereocenters. The van der Waals surface area contributed by atoms with Gasteiger partial charge in [0.25, 0.3) is 5.91 Å². The van der Waals surface area contributed by atoms with Crippen molar-refractivity contribution in [2.45, 2.75) is 39.8 Å². The van der Waals surface area contributed by atoms with Gasteiger partial charge in [-0.25, -0.2) is 14.6 Å². The highest BCUT2D eigenvalue weighted by atomic mass is 32.1. The molecule has 1 N–H and O–H groups in total. The molecule has 0 saturated heterocycles. The van der Waals surface area contributed by atoms with E-state index >= 15 is 0 Å². The zero-order valence-electron chi connectivity index (χ0n) is 14.4. The molecule has 1 amide bonds. The highest BCUT2D eigenvalue weighted by Crippen LogP contribution is 2.19. The third kappa shape index (κ3) is 4.51. The molecule has 6 nitrogen and oxygen atoms in total. The topological polar surface area (TPSA) is 72.7 Å². The standard InChI is InChI=1S/C18H21N5OS/c1-3-5-16-22-13(2)17(25-16)18(24)20-9-14-6-4-7-15(8-14)10-23-12-19-11-21-23/h4,6-8,11-12H,3,5,9-10H2,1-2H3,(H,20,24). The fourth-order valence-electron chi connectivity index (χ4n) is 2.59. The van der Waals surface area contributed by atoms with E-state index in [-0.39, 0.29) is 5.91 Å². The Labute approximate surface area is 150 Å². The number of hydrogen-bond acceptors (Lipinski definition) is 5. The number of thiazole rings is 1. The Morgan fingerprint density at radius 3 is 2.92 bits per heavy atom. The van der Waals surface area contributed by atoms with Gasteiger partial charge in [0.05, 0.1) is 17.2 Å².